The summed E-state index contributed by atoms with van der Waals surface area (Å²) in [6, 6.07) is 0. The molecule has 0 aromatic heterocycles. The molecule has 0 bridgehead atoms. The van der Waals surface area contributed by atoms with Crippen LogP contribution in [-0.2, 0) is 0 Å². The van der Waals surface area contributed by atoms with Gasteiger partial charge in [0.15, 0.2) is 0 Å². The highest BCUT2D eigenvalue weighted by atomic mass is 79.9. The van der Waals surface area contributed by atoms with Crippen LogP contribution in [0.1, 0.15) is 13.8 Å². The zero-order valence-electron chi connectivity index (χ0n) is 5.07. The minimum atomic E-state index is 0.488. The van der Waals surface area contributed by atoms with Gasteiger partial charge in [0.25, 0.3) is 0 Å². The zero-order chi connectivity index (χ0) is 6.57. The zero-order valence-corrected chi connectivity index (χ0v) is 8.24. The molecule has 48 valence electrons. The lowest BCUT2D eigenvalue weighted by Gasteiger charge is -1.92. The van der Waals surface area contributed by atoms with E-state index in [1.54, 1.807) is 0 Å². The Balaban J connectivity index is 3.34. The Bertz CT molecular complexity index is 64.6. The average molecular weight is 242 g/mol. The first-order chi connectivity index (χ1) is 3.63. The molecule has 0 saturated carbocycles. The van der Waals surface area contributed by atoms with E-state index in [0.29, 0.717) is 9.65 Å². The Morgan fingerprint density at radius 2 is 1.25 bits per heavy atom. The van der Waals surface area contributed by atoms with Gasteiger partial charge in [0.2, 0.25) is 0 Å². The molecule has 0 aliphatic rings. The van der Waals surface area contributed by atoms with Gasteiger partial charge < -0.3 is 0 Å². The number of hydrogen-bond acceptors (Lipinski definition) is 0. The summed E-state index contributed by atoms with van der Waals surface area (Å²) in [7, 11) is 0. The summed E-state index contributed by atoms with van der Waals surface area (Å²) in [6.45, 7) is 4.18. The van der Waals surface area contributed by atoms with Crippen molar-refractivity contribution >= 4 is 31.9 Å². The van der Waals surface area contributed by atoms with Crippen LogP contribution in [0.5, 0.6) is 0 Å². The third-order valence-electron chi connectivity index (χ3n) is 0.641. The molecular weight excluding hydrogens is 232 g/mol. The maximum absolute atomic E-state index is 3.40. The highest BCUT2D eigenvalue weighted by Crippen LogP contribution is 2.03. The van der Waals surface area contributed by atoms with E-state index in [9.17, 15) is 0 Å². The van der Waals surface area contributed by atoms with E-state index >= 15 is 0 Å². The summed E-state index contributed by atoms with van der Waals surface area (Å²) >= 11 is 6.79. The highest BCUT2D eigenvalue weighted by molar-refractivity contribution is 9.10. The van der Waals surface area contributed by atoms with Crippen molar-refractivity contribution < 1.29 is 0 Å². The fourth-order valence-corrected chi connectivity index (χ4v) is 0.659. The molecule has 0 aliphatic heterocycles. The third kappa shape index (κ3) is 6.70. The SMILES string of the molecule is CC(Br)/C=C/C(C)Br. The van der Waals surface area contributed by atoms with Crippen LogP contribution in [0.25, 0.3) is 0 Å². The van der Waals surface area contributed by atoms with Gasteiger partial charge in [0, 0.05) is 9.65 Å². The van der Waals surface area contributed by atoms with Gasteiger partial charge in [-0.05, 0) is 13.8 Å². The Morgan fingerprint density at radius 3 is 1.38 bits per heavy atom. The van der Waals surface area contributed by atoms with E-state index in [1.165, 1.54) is 0 Å². The molecule has 0 rings (SSSR count). The highest BCUT2D eigenvalue weighted by Gasteiger charge is 1.87. The van der Waals surface area contributed by atoms with E-state index in [1.807, 2.05) is 0 Å². The predicted octanol–water partition coefficient (Wildman–Crippen LogP) is 3.11. The summed E-state index contributed by atoms with van der Waals surface area (Å²) in [5, 5.41) is 0. The maximum atomic E-state index is 3.40. The molecular formula is C6H10Br2. The predicted molar refractivity (Wildman–Crippen MR) is 45.9 cm³/mol. The first-order valence-electron chi connectivity index (χ1n) is 2.59. The number of alkyl halides is 2. The van der Waals surface area contributed by atoms with Gasteiger partial charge in [-0.15, -0.1) is 0 Å². The summed E-state index contributed by atoms with van der Waals surface area (Å²) in [6.07, 6.45) is 4.22. The minimum Gasteiger partial charge on any atom is -0.0848 e. The number of hydrogen-bond donors (Lipinski definition) is 0. The molecule has 0 N–H and O–H groups in total. The van der Waals surface area contributed by atoms with Crippen molar-refractivity contribution in [3.8, 4) is 0 Å². The fourth-order valence-electron chi connectivity index (χ4n) is 0.306. The smallest absolute Gasteiger partial charge is 0.0297 e. The van der Waals surface area contributed by atoms with Crippen LogP contribution in [0.2, 0.25) is 0 Å². The standard InChI is InChI=1S/C6H10Br2/c1-5(7)3-4-6(2)8/h3-6H,1-2H3/b4-3+. The molecule has 0 amide bonds. The molecule has 0 aromatic carbocycles. The van der Waals surface area contributed by atoms with Gasteiger partial charge in [-0.1, -0.05) is 44.0 Å². The maximum Gasteiger partial charge on any atom is 0.0297 e. The van der Waals surface area contributed by atoms with Gasteiger partial charge in [0.1, 0.15) is 0 Å². The Kier molecular flexibility index (Phi) is 4.97. The van der Waals surface area contributed by atoms with Crippen LogP contribution in [-0.4, -0.2) is 9.65 Å². The van der Waals surface area contributed by atoms with Gasteiger partial charge in [-0.2, -0.15) is 0 Å². The van der Waals surface area contributed by atoms with Crippen molar-refractivity contribution in [3.63, 3.8) is 0 Å². The normalized spacial score (nSPS) is 19.0. The molecule has 0 fully saturated rings. The largest absolute Gasteiger partial charge is 0.0848 e. The van der Waals surface area contributed by atoms with Crippen LogP contribution in [0.3, 0.4) is 0 Å². The van der Waals surface area contributed by atoms with Crippen molar-refractivity contribution in [2.24, 2.45) is 0 Å². The van der Waals surface area contributed by atoms with Gasteiger partial charge in [-0.3, -0.25) is 0 Å². The van der Waals surface area contributed by atoms with Crippen molar-refractivity contribution in [1.82, 2.24) is 0 Å². The average Bonchev–Trinajstić information content (AvgIpc) is 1.61. The lowest BCUT2D eigenvalue weighted by molar-refractivity contribution is 1.21. The van der Waals surface area contributed by atoms with E-state index in [4.69, 9.17) is 0 Å². The first-order valence-corrected chi connectivity index (χ1v) is 4.42. The summed E-state index contributed by atoms with van der Waals surface area (Å²) in [5.74, 6) is 0. The quantitative estimate of drug-likeness (QED) is 0.515. The Hall–Kier alpha value is 0.700. The van der Waals surface area contributed by atoms with E-state index < -0.39 is 0 Å². The molecule has 8 heavy (non-hydrogen) atoms. The van der Waals surface area contributed by atoms with Gasteiger partial charge in [0.05, 0.1) is 0 Å². The first kappa shape index (κ1) is 8.70. The summed E-state index contributed by atoms with van der Waals surface area (Å²) in [5.41, 5.74) is 0. The summed E-state index contributed by atoms with van der Waals surface area (Å²) < 4.78 is 0. The Labute approximate surface area is 67.6 Å². The second-order valence-corrected chi connectivity index (χ2v) is 4.63. The summed E-state index contributed by atoms with van der Waals surface area (Å²) in [4.78, 5) is 0.977. The molecule has 0 saturated heterocycles. The van der Waals surface area contributed by atoms with E-state index in [0.717, 1.165) is 0 Å². The van der Waals surface area contributed by atoms with E-state index in [2.05, 4.69) is 57.9 Å². The topological polar surface area (TPSA) is 0 Å². The van der Waals surface area contributed by atoms with Crippen molar-refractivity contribution in [1.29, 1.82) is 0 Å². The number of allylic oxidation sites excluding steroid dienone is 2. The minimum absolute atomic E-state index is 0.488. The molecule has 0 aliphatic carbocycles. The van der Waals surface area contributed by atoms with Crippen LogP contribution < -0.4 is 0 Å². The van der Waals surface area contributed by atoms with Crippen LogP contribution in [0.4, 0.5) is 0 Å². The molecule has 0 aromatic rings. The second kappa shape index (κ2) is 4.57. The molecule has 2 atom stereocenters. The van der Waals surface area contributed by atoms with Crippen molar-refractivity contribution in [2.75, 3.05) is 0 Å². The monoisotopic (exact) mass is 240 g/mol. The number of halogens is 2. The van der Waals surface area contributed by atoms with E-state index in [-0.39, 0.29) is 0 Å². The third-order valence-corrected chi connectivity index (χ3v) is 1.25. The molecule has 0 radical (unpaired) electrons. The molecule has 2 unspecified atom stereocenters. The number of rotatable bonds is 2. The molecule has 0 spiro atoms. The molecule has 0 heterocycles. The second-order valence-electron chi connectivity index (χ2n) is 1.74. The Morgan fingerprint density at radius 1 is 1.00 bits per heavy atom. The fraction of sp³-hybridized carbons (Fsp3) is 0.667. The van der Waals surface area contributed by atoms with Crippen LogP contribution in [0, 0.1) is 0 Å². The lowest BCUT2D eigenvalue weighted by Crippen LogP contribution is -1.85. The molecule has 0 nitrogen and oxygen atoms in total. The van der Waals surface area contributed by atoms with Gasteiger partial charge >= 0.3 is 0 Å². The van der Waals surface area contributed by atoms with Crippen molar-refractivity contribution in [2.45, 2.75) is 23.5 Å². The van der Waals surface area contributed by atoms with Gasteiger partial charge in [-0.25, -0.2) is 0 Å². The molecule has 2 heteroatoms. The van der Waals surface area contributed by atoms with Crippen LogP contribution >= 0.6 is 31.9 Å². The van der Waals surface area contributed by atoms with Crippen molar-refractivity contribution in [3.05, 3.63) is 12.2 Å². The lowest BCUT2D eigenvalue weighted by atomic mass is 10.3. The van der Waals surface area contributed by atoms with Crippen LogP contribution in [0.15, 0.2) is 12.2 Å².